The molecule has 0 saturated carbocycles. The van der Waals surface area contributed by atoms with Gasteiger partial charge in [0.05, 0.1) is 0 Å². The molecule has 0 bridgehead atoms. The molecule has 0 saturated heterocycles. The van der Waals surface area contributed by atoms with Crippen molar-refractivity contribution in [3.05, 3.63) is 59.7 Å². The van der Waals surface area contributed by atoms with Gasteiger partial charge < -0.3 is 15.0 Å². The first-order valence-electron chi connectivity index (χ1n) is 7.83. The van der Waals surface area contributed by atoms with E-state index in [9.17, 15) is 18.0 Å². The second-order valence-electron chi connectivity index (χ2n) is 5.80. The van der Waals surface area contributed by atoms with Gasteiger partial charge in [0, 0.05) is 24.8 Å². The number of fused-ring (bicyclic) bond motifs is 1. The van der Waals surface area contributed by atoms with Crippen LogP contribution in [0.2, 0.25) is 0 Å². The van der Waals surface area contributed by atoms with Gasteiger partial charge in [0.1, 0.15) is 5.75 Å². The minimum Gasteiger partial charge on any atom is -0.484 e. The molecule has 0 radical (unpaired) electrons. The normalized spacial score (nSPS) is 14.0. The molecule has 0 fully saturated rings. The minimum atomic E-state index is -4.40. The molecule has 3 rings (SSSR count). The summed E-state index contributed by atoms with van der Waals surface area (Å²) in [5.74, 6) is 0.0547. The third kappa shape index (κ3) is 4.65. The SMILES string of the molecule is O=C(Nc1cccc(OCC(F)(F)F)c1)N1CCc2ccccc2C1. The molecule has 2 aromatic rings. The molecule has 7 heteroatoms. The Bertz CT molecular complexity index is 762. The zero-order chi connectivity index (χ0) is 17.9. The van der Waals surface area contributed by atoms with Crippen LogP contribution in [0.5, 0.6) is 5.75 Å². The van der Waals surface area contributed by atoms with Gasteiger partial charge in [-0.2, -0.15) is 13.2 Å². The van der Waals surface area contributed by atoms with Crippen LogP contribution in [0.15, 0.2) is 48.5 Å². The van der Waals surface area contributed by atoms with Crippen LogP contribution in [0.1, 0.15) is 11.1 Å². The number of amides is 2. The summed E-state index contributed by atoms with van der Waals surface area (Å²) in [6.07, 6.45) is -3.63. The van der Waals surface area contributed by atoms with Crippen molar-refractivity contribution in [1.82, 2.24) is 4.90 Å². The van der Waals surface area contributed by atoms with Gasteiger partial charge in [0.25, 0.3) is 0 Å². The van der Waals surface area contributed by atoms with Gasteiger partial charge in [-0.15, -0.1) is 0 Å². The largest absolute Gasteiger partial charge is 0.484 e. The fourth-order valence-electron chi connectivity index (χ4n) is 2.70. The minimum absolute atomic E-state index is 0.0547. The molecule has 0 spiro atoms. The van der Waals surface area contributed by atoms with Crippen LogP contribution in [-0.2, 0) is 13.0 Å². The van der Waals surface area contributed by atoms with E-state index in [4.69, 9.17) is 4.74 Å². The fourth-order valence-corrected chi connectivity index (χ4v) is 2.70. The summed E-state index contributed by atoms with van der Waals surface area (Å²) < 4.78 is 41.3. The second kappa shape index (κ2) is 7.04. The summed E-state index contributed by atoms with van der Waals surface area (Å²) in [4.78, 5) is 14.1. The van der Waals surface area contributed by atoms with Crippen molar-refractivity contribution in [2.45, 2.75) is 19.1 Å². The Morgan fingerprint density at radius 1 is 1.12 bits per heavy atom. The van der Waals surface area contributed by atoms with Crippen molar-refractivity contribution < 1.29 is 22.7 Å². The summed E-state index contributed by atoms with van der Waals surface area (Å²) in [6, 6.07) is 13.6. The Labute approximate surface area is 143 Å². The topological polar surface area (TPSA) is 41.6 Å². The van der Waals surface area contributed by atoms with Crippen molar-refractivity contribution in [2.24, 2.45) is 0 Å². The molecule has 0 atom stereocenters. The number of halogens is 3. The molecule has 0 unspecified atom stereocenters. The lowest BCUT2D eigenvalue weighted by Crippen LogP contribution is -2.38. The Morgan fingerprint density at radius 2 is 1.88 bits per heavy atom. The molecule has 1 heterocycles. The fraction of sp³-hybridized carbons (Fsp3) is 0.278. The molecular weight excluding hydrogens is 333 g/mol. The Morgan fingerprint density at radius 3 is 2.64 bits per heavy atom. The van der Waals surface area contributed by atoms with Crippen molar-refractivity contribution >= 4 is 11.7 Å². The number of alkyl halides is 3. The molecule has 1 aliphatic rings. The predicted molar refractivity (Wildman–Crippen MR) is 87.6 cm³/mol. The first kappa shape index (κ1) is 17.1. The van der Waals surface area contributed by atoms with Gasteiger partial charge in [-0.3, -0.25) is 0 Å². The smallest absolute Gasteiger partial charge is 0.422 e. The highest BCUT2D eigenvalue weighted by Gasteiger charge is 2.28. The number of urea groups is 1. The molecule has 1 aliphatic heterocycles. The van der Waals surface area contributed by atoms with Gasteiger partial charge in [0.2, 0.25) is 0 Å². The molecular formula is C18H17F3N2O2. The van der Waals surface area contributed by atoms with Gasteiger partial charge in [-0.1, -0.05) is 30.3 Å². The third-order valence-corrected chi connectivity index (χ3v) is 3.91. The first-order valence-corrected chi connectivity index (χ1v) is 7.83. The summed E-state index contributed by atoms with van der Waals surface area (Å²) in [5, 5.41) is 2.71. The van der Waals surface area contributed by atoms with Crippen molar-refractivity contribution in [1.29, 1.82) is 0 Å². The van der Waals surface area contributed by atoms with Crippen LogP contribution < -0.4 is 10.1 Å². The van der Waals surface area contributed by atoms with Crippen molar-refractivity contribution in [3.63, 3.8) is 0 Å². The monoisotopic (exact) mass is 350 g/mol. The summed E-state index contributed by atoms with van der Waals surface area (Å²) in [6.45, 7) is -0.271. The van der Waals surface area contributed by atoms with E-state index in [0.717, 1.165) is 12.0 Å². The predicted octanol–water partition coefficient (Wildman–Crippen LogP) is 4.22. The van der Waals surface area contributed by atoms with E-state index in [-0.39, 0.29) is 11.8 Å². The lowest BCUT2D eigenvalue weighted by molar-refractivity contribution is -0.153. The summed E-state index contributed by atoms with van der Waals surface area (Å²) in [7, 11) is 0. The van der Waals surface area contributed by atoms with E-state index >= 15 is 0 Å². The summed E-state index contributed by atoms with van der Waals surface area (Å²) >= 11 is 0. The van der Waals surface area contributed by atoms with Gasteiger partial charge in [0.15, 0.2) is 6.61 Å². The quantitative estimate of drug-likeness (QED) is 0.901. The van der Waals surface area contributed by atoms with E-state index in [1.807, 2.05) is 24.3 Å². The maximum Gasteiger partial charge on any atom is 0.422 e. The van der Waals surface area contributed by atoms with Crippen LogP contribution >= 0.6 is 0 Å². The van der Waals surface area contributed by atoms with Gasteiger partial charge in [-0.05, 0) is 29.7 Å². The average Bonchev–Trinajstić information content (AvgIpc) is 2.59. The first-order chi connectivity index (χ1) is 11.9. The lowest BCUT2D eigenvalue weighted by atomic mass is 10.0. The maximum absolute atomic E-state index is 12.4. The average molecular weight is 350 g/mol. The molecule has 132 valence electrons. The number of benzene rings is 2. The Balaban J connectivity index is 1.62. The highest BCUT2D eigenvalue weighted by molar-refractivity contribution is 5.89. The highest BCUT2D eigenvalue weighted by Crippen LogP contribution is 2.23. The molecule has 0 aromatic heterocycles. The van der Waals surface area contributed by atoms with Crippen LogP contribution in [0.4, 0.5) is 23.7 Å². The van der Waals surface area contributed by atoms with Crippen molar-refractivity contribution in [2.75, 3.05) is 18.5 Å². The summed E-state index contributed by atoms with van der Waals surface area (Å²) in [5.41, 5.74) is 2.73. The number of hydrogen-bond acceptors (Lipinski definition) is 2. The number of anilines is 1. The number of ether oxygens (including phenoxy) is 1. The van der Waals surface area contributed by atoms with Crippen LogP contribution in [0.3, 0.4) is 0 Å². The third-order valence-electron chi connectivity index (χ3n) is 3.91. The molecule has 2 amide bonds. The number of nitrogens with zero attached hydrogens (tertiary/aromatic N) is 1. The van der Waals surface area contributed by atoms with Gasteiger partial charge in [-0.25, -0.2) is 4.79 Å². The van der Waals surface area contributed by atoms with E-state index in [0.29, 0.717) is 18.8 Å². The molecule has 25 heavy (non-hydrogen) atoms. The highest BCUT2D eigenvalue weighted by atomic mass is 19.4. The van der Waals surface area contributed by atoms with E-state index in [1.165, 1.54) is 23.8 Å². The molecule has 2 aromatic carbocycles. The standard InChI is InChI=1S/C18H17F3N2O2/c19-18(20,21)12-25-16-7-3-6-15(10-16)22-17(24)23-9-8-13-4-1-2-5-14(13)11-23/h1-7,10H,8-9,11-12H2,(H,22,24). The Hall–Kier alpha value is -2.70. The number of carbonyl (C=O) groups is 1. The van der Waals surface area contributed by atoms with E-state index in [1.54, 1.807) is 11.0 Å². The van der Waals surface area contributed by atoms with Crippen molar-refractivity contribution in [3.8, 4) is 5.75 Å². The number of hydrogen-bond donors (Lipinski definition) is 1. The lowest BCUT2D eigenvalue weighted by Gasteiger charge is -2.29. The number of rotatable bonds is 3. The Kier molecular flexibility index (Phi) is 4.83. The maximum atomic E-state index is 12.4. The molecule has 1 N–H and O–H groups in total. The van der Waals surface area contributed by atoms with E-state index < -0.39 is 12.8 Å². The van der Waals surface area contributed by atoms with Crippen LogP contribution in [0, 0.1) is 0 Å². The second-order valence-corrected chi connectivity index (χ2v) is 5.80. The van der Waals surface area contributed by atoms with E-state index in [2.05, 4.69) is 5.32 Å². The molecule has 4 nitrogen and oxygen atoms in total. The molecule has 0 aliphatic carbocycles. The van der Waals surface area contributed by atoms with Gasteiger partial charge >= 0.3 is 12.2 Å². The van der Waals surface area contributed by atoms with Crippen LogP contribution in [0.25, 0.3) is 0 Å². The number of nitrogens with one attached hydrogen (secondary N) is 1. The number of carbonyl (C=O) groups excluding carboxylic acids is 1. The van der Waals surface area contributed by atoms with Crippen LogP contribution in [-0.4, -0.2) is 30.3 Å². The zero-order valence-electron chi connectivity index (χ0n) is 13.3. The zero-order valence-corrected chi connectivity index (χ0v) is 13.3.